The van der Waals surface area contributed by atoms with E-state index in [2.05, 4.69) is 10.0 Å². The minimum atomic E-state index is -3.66. The largest absolute Gasteiger partial charge is 0.438 e. The van der Waals surface area contributed by atoms with Crippen LogP contribution in [-0.4, -0.2) is 41.1 Å². The molecule has 8 heteroatoms. The van der Waals surface area contributed by atoms with E-state index in [9.17, 15) is 13.2 Å². The van der Waals surface area contributed by atoms with E-state index >= 15 is 0 Å². The van der Waals surface area contributed by atoms with Crippen molar-refractivity contribution in [1.82, 2.24) is 10.0 Å². The molecule has 0 saturated carbocycles. The van der Waals surface area contributed by atoms with Gasteiger partial charge in [-0.2, -0.15) is 0 Å². The minimum absolute atomic E-state index is 0.0206. The van der Waals surface area contributed by atoms with Crippen molar-refractivity contribution in [3.05, 3.63) is 17.9 Å². The van der Waals surface area contributed by atoms with Crippen molar-refractivity contribution in [3.63, 3.8) is 0 Å². The van der Waals surface area contributed by atoms with Gasteiger partial charge in [0.25, 0.3) is 15.9 Å². The Kier molecular flexibility index (Phi) is 4.23. The SMILES string of the molecule is CNS(=O)(=O)c1ccc(C(=O)NC[C@H]2CCOC2)o1. The summed E-state index contributed by atoms with van der Waals surface area (Å²) in [6, 6.07) is 2.59. The summed E-state index contributed by atoms with van der Waals surface area (Å²) < 4.78 is 35.2. The number of nitrogens with one attached hydrogen (secondary N) is 2. The summed E-state index contributed by atoms with van der Waals surface area (Å²) in [6.45, 7) is 1.84. The molecule has 1 aliphatic heterocycles. The number of carbonyl (C=O) groups excluding carboxylic acids is 1. The number of carbonyl (C=O) groups is 1. The Bertz CT molecular complexity index is 545. The molecule has 7 nitrogen and oxygen atoms in total. The van der Waals surface area contributed by atoms with E-state index in [1.165, 1.54) is 19.2 Å². The second kappa shape index (κ2) is 5.72. The topological polar surface area (TPSA) is 97.6 Å². The lowest BCUT2D eigenvalue weighted by Crippen LogP contribution is -2.29. The van der Waals surface area contributed by atoms with E-state index in [0.29, 0.717) is 25.7 Å². The summed E-state index contributed by atoms with van der Waals surface area (Å²) in [5, 5.41) is 2.42. The first-order chi connectivity index (χ1) is 9.03. The fourth-order valence-electron chi connectivity index (χ4n) is 1.76. The van der Waals surface area contributed by atoms with Crippen LogP contribution in [0.5, 0.6) is 0 Å². The molecule has 0 unspecified atom stereocenters. The Hall–Kier alpha value is -1.38. The lowest BCUT2D eigenvalue weighted by molar-refractivity contribution is 0.0912. The van der Waals surface area contributed by atoms with Crippen LogP contribution in [0.4, 0.5) is 0 Å². The zero-order chi connectivity index (χ0) is 13.9. The molecule has 0 aliphatic carbocycles. The molecule has 1 atom stereocenters. The highest BCUT2D eigenvalue weighted by Gasteiger charge is 2.21. The summed E-state index contributed by atoms with van der Waals surface area (Å²) in [6.07, 6.45) is 0.915. The van der Waals surface area contributed by atoms with Crippen molar-refractivity contribution >= 4 is 15.9 Å². The molecule has 1 fully saturated rings. The number of sulfonamides is 1. The summed E-state index contributed by atoms with van der Waals surface area (Å²) in [7, 11) is -2.38. The monoisotopic (exact) mass is 288 g/mol. The van der Waals surface area contributed by atoms with Crippen molar-refractivity contribution in [1.29, 1.82) is 0 Å². The average molecular weight is 288 g/mol. The Labute approximate surface area is 111 Å². The highest BCUT2D eigenvalue weighted by Crippen LogP contribution is 2.14. The van der Waals surface area contributed by atoms with Crippen LogP contribution in [0.1, 0.15) is 17.0 Å². The van der Waals surface area contributed by atoms with Gasteiger partial charge in [0, 0.05) is 19.1 Å². The van der Waals surface area contributed by atoms with Crippen molar-refractivity contribution in [2.45, 2.75) is 11.5 Å². The zero-order valence-electron chi connectivity index (χ0n) is 10.5. The smallest absolute Gasteiger partial charge is 0.287 e. The van der Waals surface area contributed by atoms with Gasteiger partial charge in [0.1, 0.15) is 0 Å². The average Bonchev–Trinajstić information content (AvgIpc) is 3.07. The highest BCUT2D eigenvalue weighted by molar-refractivity contribution is 7.89. The third-order valence-electron chi connectivity index (χ3n) is 2.91. The number of hydrogen-bond acceptors (Lipinski definition) is 5. The molecule has 1 aromatic heterocycles. The van der Waals surface area contributed by atoms with E-state index < -0.39 is 15.9 Å². The van der Waals surface area contributed by atoms with Gasteiger partial charge in [-0.05, 0) is 25.6 Å². The molecule has 2 heterocycles. The predicted molar refractivity (Wildman–Crippen MR) is 66.2 cm³/mol. The van der Waals surface area contributed by atoms with Gasteiger partial charge in [0.05, 0.1) is 6.61 Å². The second-order valence-electron chi connectivity index (χ2n) is 4.27. The molecule has 0 radical (unpaired) electrons. The number of hydrogen-bond donors (Lipinski definition) is 2. The maximum Gasteiger partial charge on any atom is 0.287 e. The number of rotatable bonds is 5. The van der Waals surface area contributed by atoms with Gasteiger partial charge < -0.3 is 14.5 Å². The van der Waals surface area contributed by atoms with Crippen molar-refractivity contribution in [2.75, 3.05) is 26.8 Å². The third-order valence-corrected chi connectivity index (χ3v) is 4.20. The van der Waals surface area contributed by atoms with Crippen LogP contribution >= 0.6 is 0 Å². The van der Waals surface area contributed by atoms with Crippen molar-refractivity contribution in [2.24, 2.45) is 5.92 Å². The molecule has 2 rings (SSSR count). The molecule has 1 amide bonds. The van der Waals surface area contributed by atoms with Gasteiger partial charge in [0.2, 0.25) is 5.09 Å². The standard InChI is InChI=1S/C11H16N2O5S/c1-12-19(15,16)10-3-2-9(18-10)11(14)13-6-8-4-5-17-7-8/h2-3,8,12H,4-7H2,1H3,(H,13,14)/t8-/m1/s1. The quantitative estimate of drug-likeness (QED) is 0.792. The number of ether oxygens (including phenoxy) is 1. The molecule has 106 valence electrons. The van der Waals surface area contributed by atoms with Crippen LogP contribution in [0.25, 0.3) is 0 Å². The van der Waals surface area contributed by atoms with Crippen LogP contribution in [-0.2, 0) is 14.8 Å². The van der Waals surface area contributed by atoms with Crippen LogP contribution < -0.4 is 10.0 Å². The molecule has 0 aromatic carbocycles. The van der Waals surface area contributed by atoms with E-state index in [1.807, 2.05) is 0 Å². The summed E-state index contributed by atoms with van der Waals surface area (Å²) in [5.74, 6) is -0.142. The summed E-state index contributed by atoms with van der Waals surface area (Å²) in [5.41, 5.74) is 0. The highest BCUT2D eigenvalue weighted by atomic mass is 32.2. The van der Waals surface area contributed by atoms with Gasteiger partial charge in [-0.15, -0.1) is 0 Å². The molecule has 1 aliphatic rings. The van der Waals surface area contributed by atoms with E-state index in [-0.39, 0.29) is 10.9 Å². The molecule has 0 spiro atoms. The lowest BCUT2D eigenvalue weighted by Gasteiger charge is -2.07. The van der Waals surface area contributed by atoms with E-state index in [4.69, 9.17) is 9.15 Å². The second-order valence-corrected chi connectivity index (χ2v) is 6.08. The normalized spacial score (nSPS) is 19.5. The Balaban J connectivity index is 1.96. The Morgan fingerprint density at radius 3 is 2.89 bits per heavy atom. The molecular weight excluding hydrogens is 272 g/mol. The first kappa shape index (κ1) is 14.0. The summed E-state index contributed by atoms with van der Waals surface area (Å²) in [4.78, 5) is 11.8. The van der Waals surface area contributed by atoms with E-state index in [1.54, 1.807) is 0 Å². The van der Waals surface area contributed by atoms with Gasteiger partial charge in [-0.1, -0.05) is 0 Å². The third kappa shape index (κ3) is 3.34. The van der Waals surface area contributed by atoms with Crippen molar-refractivity contribution < 1.29 is 22.4 Å². The summed E-state index contributed by atoms with van der Waals surface area (Å²) >= 11 is 0. The Morgan fingerprint density at radius 1 is 1.47 bits per heavy atom. The molecule has 1 aromatic rings. The van der Waals surface area contributed by atoms with Crippen LogP contribution in [0.3, 0.4) is 0 Å². The van der Waals surface area contributed by atoms with Gasteiger partial charge in [-0.3, -0.25) is 4.79 Å². The first-order valence-corrected chi connectivity index (χ1v) is 7.40. The van der Waals surface area contributed by atoms with Crippen molar-refractivity contribution in [3.8, 4) is 0 Å². The molecule has 2 N–H and O–H groups in total. The molecule has 19 heavy (non-hydrogen) atoms. The molecule has 0 bridgehead atoms. The Morgan fingerprint density at radius 2 is 2.26 bits per heavy atom. The minimum Gasteiger partial charge on any atom is -0.438 e. The van der Waals surface area contributed by atoms with Gasteiger partial charge in [-0.25, -0.2) is 13.1 Å². The van der Waals surface area contributed by atoms with Crippen LogP contribution in [0, 0.1) is 5.92 Å². The van der Waals surface area contributed by atoms with Crippen LogP contribution in [0.2, 0.25) is 0 Å². The molecular formula is C11H16N2O5S. The maximum absolute atomic E-state index is 11.8. The van der Waals surface area contributed by atoms with E-state index in [0.717, 1.165) is 6.42 Å². The predicted octanol–water partition coefficient (Wildman–Crippen LogP) is -0.0460. The number of amides is 1. The zero-order valence-corrected chi connectivity index (χ0v) is 11.3. The van der Waals surface area contributed by atoms with Gasteiger partial charge >= 0.3 is 0 Å². The van der Waals surface area contributed by atoms with Gasteiger partial charge in [0.15, 0.2) is 5.76 Å². The molecule has 1 saturated heterocycles. The van der Waals surface area contributed by atoms with Crippen LogP contribution in [0.15, 0.2) is 21.6 Å². The number of furan rings is 1. The fourth-order valence-corrected chi connectivity index (χ4v) is 2.40. The first-order valence-electron chi connectivity index (χ1n) is 5.92. The lowest BCUT2D eigenvalue weighted by atomic mass is 10.1. The maximum atomic E-state index is 11.8. The fraction of sp³-hybridized carbons (Fsp3) is 0.545.